The minimum Gasteiger partial charge on any atom is -0.368 e. The molecule has 1 aromatic carbocycles. The molecular formula is C11H14F2N2O5S2. The average Bonchev–Trinajstić information content (AvgIpc) is 2.34. The SMILES string of the molecule is CN(C)C=NS(=O)(=O)c1cc(F)c(COS(C)(=O)=O)c(F)c1. The van der Waals surface area contributed by atoms with E-state index in [0.29, 0.717) is 12.1 Å². The zero-order chi connectivity index (χ0) is 17.1. The first-order valence-electron chi connectivity index (χ1n) is 5.71. The molecule has 0 N–H and O–H groups in total. The molecule has 0 fully saturated rings. The standard InChI is InChI=1S/C11H14F2N2O5S2/c1-15(2)7-14-22(18,19)8-4-10(12)9(11(13)5-8)6-20-21(3,16)17/h4-5,7H,6H2,1-3H3. The molecule has 0 aliphatic carbocycles. The van der Waals surface area contributed by atoms with Gasteiger partial charge in [0.25, 0.3) is 20.1 Å². The highest BCUT2D eigenvalue weighted by Crippen LogP contribution is 2.21. The number of nitrogens with zero attached hydrogens (tertiary/aromatic N) is 2. The summed E-state index contributed by atoms with van der Waals surface area (Å²) in [6.45, 7) is -0.877. The van der Waals surface area contributed by atoms with Gasteiger partial charge >= 0.3 is 0 Å². The Morgan fingerprint density at radius 3 is 2.09 bits per heavy atom. The van der Waals surface area contributed by atoms with Crippen LogP contribution in [0.1, 0.15) is 5.56 Å². The van der Waals surface area contributed by atoms with Crippen molar-refractivity contribution in [1.29, 1.82) is 0 Å². The topological polar surface area (TPSA) is 93.1 Å². The molecular weight excluding hydrogens is 342 g/mol. The molecule has 0 saturated carbocycles. The second kappa shape index (κ2) is 6.67. The van der Waals surface area contributed by atoms with E-state index in [4.69, 9.17) is 0 Å². The Bertz CT molecular complexity index is 766. The summed E-state index contributed by atoms with van der Waals surface area (Å²) in [5.74, 6) is -2.50. The minimum atomic E-state index is -4.27. The summed E-state index contributed by atoms with van der Waals surface area (Å²) < 4.78 is 80.3. The van der Waals surface area contributed by atoms with Crippen LogP contribution in [-0.2, 0) is 30.9 Å². The first kappa shape index (κ1) is 18.5. The third kappa shape index (κ3) is 5.31. The van der Waals surface area contributed by atoms with Crippen LogP contribution < -0.4 is 0 Å². The van der Waals surface area contributed by atoms with Crippen molar-refractivity contribution in [2.45, 2.75) is 11.5 Å². The molecule has 0 aliphatic rings. The fourth-order valence-electron chi connectivity index (χ4n) is 1.25. The van der Waals surface area contributed by atoms with E-state index in [1.807, 2.05) is 0 Å². The lowest BCUT2D eigenvalue weighted by Crippen LogP contribution is -2.11. The zero-order valence-electron chi connectivity index (χ0n) is 11.9. The van der Waals surface area contributed by atoms with Crippen molar-refractivity contribution < 1.29 is 29.8 Å². The summed E-state index contributed by atoms with van der Waals surface area (Å²) in [6.07, 6.45) is 1.68. The molecule has 0 radical (unpaired) electrons. The van der Waals surface area contributed by atoms with Crippen LogP contribution in [0.2, 0.25) is 0 Å². The summed E-state index contributed by atoms with van der Waals surface area (Å²) in [5.41, 5.74) is -0.694. The van der Waals surface area contributed by atoms with Gasteiger partial charge in [0.2, 0.25) is 0 Å². The van der Waals surface area contributed by atoms with Crippen molar-refractivity contribution in [3.05, 3.63) is 29.3 Å². The van der Waals surface area contributed by atoms with Crippen LogP contribution in [0.5, 0.6) is 0 Å². The normalized spacial score (nSPS) is 12.8. The van der Waals surface area contributed by atoms with Crippen LogP contribution in [0.4, 0.5) is 8.78 Å². The van der Waals surface area contributed by atoms with Gasteiger partial charge in [-0.1, -0.05) is 0 Å². The fraction of sp³-hybridized carbons (Fsp3) is 0.364. The highest BCUT2D eigenvalue weighted by atomic mass is 32.2. The van der Waals surface area contributed by atoms with E-state index in [1.54, 1.807) is 0 Å². The largest absolute Gasteiger partial charge is 0.368 e. The smallest absolute Gasteiger partial charge is 0.283 e. The van der Waals surface area contributed by atoms with E-state index in [2.05, 4.69) is 8.58 Å². The van der Waals surface area contributed by atoms with E-state index in [9.17, 15) is 25.6 Å². The molecule has 0 saturated heterocycles. The summed E-state index contributed by atoms with van der Waals surface area (Å²) in [4.78, 5) is 0.641. The highest BCUT2D eigenvalue weighted by molar-refractivity contribution is 7.90. The average molecular weight is 356 g/mol. The van der Waals surface area contributed by atoms with Crippen LogP contribution in [0.3, 0.4) is 0 Å². The van der Waals surface area contributed by atoms with Gasteiger partial charge < -0.3 is 4.90 Å². The lowest BCUT2D eigenvalue weighted by atomic mass is 10.2. The number of halogens is 2. The van der Waals surface area contributed by atoms with Crippen molar-refractivity contribution >= 4 is 26.5 Å². The summed E-state index contributed by atoms with van der Waals surface area (Å²) in [5, 5.41) is 0. The predicted molar refractivity (Wildman–Crippen MR) is 75.4 cm³/mol. The quantitative estimate of drug-likeness (QED) is 0.424. The lowest BCUT2D eigenvalue weighted by Gasteiger charge is -2.08. The summed E-state index contributed by atoms with van der Waals surface area (Å²) >= 11 is 0. The minimum absolute atomic E-state index is 0.548. The van der Waals surface area contributed by atoms with Gasteiger partial charge in [-0.2, -0.15) is 16.8 Å². The molecule has 0 bridgehead atoms. The molecule has 124 valence electrons. The Morgan fingerprint density at radius 1 is 1.18 bits per heavy atom. The Kier molecular flexibility index (Phi) is 5.59. The molecule has 0 aromatic heterocycles. The van der Waals surface area contributed by atoms with E-state index in [0.717, 1.165) is 12.6 Å². The molecule has 1 aromatic rings. The Labute approximate surface area is 127 Å². The molecule has 0 atom stereocenters. The van der Waals surface area contributed by atoms with Gasteiger partial charge in [-0.15, -0.1) is 4.40 Å². The molecule has 0 aliphatic heterocycles. The van der Waals surface area contributed by atoms with Gasteiger partial charge in [-0.3, -0.25) is 4.18 Å². The summed E-state index contributed by atoms with van der Waals surface area (Å²) in [6, 6.07) is 1.10. The second-order valence-electron chi connectivity index (χ2n) is 4.49. The molecule has 0 unspecified atom stereocenters. The number of benzene rings is 1. The molecule has 0 amide bonds. The van der Waals surface area contributed by atoms with Gasteiger partial charge in [0.05, 0.1) is 23.3 Å². The lowest BCUT2D eigenvalue weighted by molar-refractivity contribution is 0.298. The van der Waals surface area contributed by atoms with Crippen molar-refractivity contribution in [3.63, 3.8) is 0 Å². The van der Waals surface area contributed by atoms with Crippen LogP contribution >= 0.6 is 0 Å². The van der Waals surface area contributed by atoms with E-state index < -0.39 is 48.8 Å². The van der Waals surface area contributed by atoms with Crippen LogP contribution in [0.25, 0.3) is 0 Å². The third-order valence-electron chi connectivity index (χ3n) is 2.25. The first-order valence-corrected chi connectivity index (χ1v) is 8.97. The molecule has 0 spiro atoms. The number of sulfonamides is 1. The van der Waals surface area contributed by atoms with Gasteiger partial charge in [-0.05, 0) is 12.1 Å². The monoisotopic (exact) mass is 356 g/mol. The van der Waals surface area contributed by atoms with Crippen LogP contribution in [-0.4, -0.2) is 48.4 Å². The van der Waals surface area contributed by atoms with Crippen molar-refractivity contribution in [2.75, 3.05) is 20.4 Å². The van der Waals surface area contributed by atoms with Crippen molar-refractivity contribution in [3.8, 4) is 0 Å². The molecule has 22 heavy (non-hydrogen) atoms. The maximum atomic E-state index is 13.8. The van der Waals surface area contributed by atoms with Gasteiger partial charge in [0.15, 0.2) is 0 Å². The number of hydrogen-bond donors (Lipinski definition) is 0. The summed E-state index contributed by atoms with van der Waals surface area (Å²) in [7, 11) is -5.13. The Hall–Kier alpha value is -1.59. The predicted octanol–water partition coefficient (Wildman–Crippen LogP) is 0.720. The fourth-order valence-corrected chi connectivity index (χ4v) is 2.52. The van der Waals surface area contributed by atoms with Crippen molar-refractivity contribution in [1.82, 2.24) is 4.90 Å². The van der Waals surface area contributed by atoms with E-state index in [1.165, 1.54) is 19.0 Å². The maximum absolute atomic E-state index is 13.8. The zero-order valence-corrected chi connectivity index (χ0v) is 13.6. The molecule has 7 nitrogen and oxygen atoms in total. The number of rotatable bonds is 6. The first-order chi connectivity index (χ1) is 9.92. The van der Waals surface area contributed by atoms with E-state index >= 15 is 0 Å². The van der Waals surface area contributed by atoms with Gasteiger partial charge in [0, 0.05) is 14.1 Å². The van der Waals surface area contributed by atoms with Crippen LogP contribution in [0, 0.1) is 11.6 Å². The molecule has 0 heterocycles. The highest BCUT2D eigenvalue weighted by Gasteiger charge is 2.20. The maximum Gasteiger partial charge on any atom is 0.283 e. The van der Waals surface area contributed by atoms with E-state index in [-0.39, 0.29) is 0 Å². The Morgan fingerprint density at radius 2 is 1.68 bits per heavy atom. The molecule has 1 rings (SSSR count). The van der Waals surface area contributed by atoms with Gasteiger partial charge in [-0.25, -0.2) is 8.78 Å². The van der Waals surface area contributed by atoms with Crippen LogP contribution in [0.15, 0.2) is 21.4 Å². The van der Waals surface area contributed by atoms with Gasteiger partial charge in [0.1, 0.15) is 18.0 Å². The second-order valence-corrected chi connectivity index (χ2v) is 7.77. The van der Waals surface area contributed by atoms with Crippen molar-refractivity contribution in [2.24, 2.45) is 4.40 Å². The Balaban J connectivity index is 3.19. The number of hydrogen-bond acceptors (Lipinski definition) is 5. The third-order valence-corrected chi connectivity index (χ3v) is 4.00. The molecule has 11 heteroatoms.